The first-order valence-electron chi connectivity index (χ1n) is 8.28. The first-order valence-corrected chi connectivity index (χ1v) is 8.66. The van der Waals surface area contributed by atoms with Crippen LogP contribution in [0.1, 0.15) is 43.1 Å². The highest BCUT2D eigenvalue weighted by molar-refractivity contribution is 6.31. The van der Waals surface area contributed by atoms with Crippen molar-refractivity contribution in [3.63, 3.8) is 0 Å². The summed E-state index contributed by atoms with van der Waals surface area (Å²) in [5.41, 5.74) is 1.49. The van der Waals surface area contributed by atoms with E-state index in [0.717, 1.165) is 12.1 Å². The van der Waals surface area contributed by atoms with Gasteiger partial charge in [0, 0.05) is 11.4 Å². The molecule has 1 unspecified atom stereocenters. The summed E-state index contributed by atoms with van der Waals surface area (Å²) in [6.45, 7) is 8.67. The van der Waals surface area contributed by atoms with Crippen molar-refractivity contribution in [3.8, 4) is 0 Å². The fourth-order valence-corrected chi connectivity index (χ4v) is 2.98. The molecule has 0 saturated carbocycles. The Morgan fingerprint density at radius 2 is 1.88 bits per heavy atom. The van der Waals surface area contributed by atoms with Gasteiger partial charge in [-0.25, -0.2) is 4.79 Å². The molecule has 0 aliphatic carbocycles. The van der Waals surface area contributed by atoms with E-state index in [1.54, 1.807) is 13.0 Å². The molecular formula is C18H28ClN2O3+. The molecule has 0 aliphatic rings. The number of benzene rings is 1. The Bertz CT molecular complexity index is 615. The summed E-state index contributed by atoms with van der Waals surface area (Å²) in [5.74, 6) is -0.601. The Labute approximate surface area is 149 Å². The summed E-state index contributed by atoms with van der Waals surface area (Å²) in [7, 11) is 4.05. The summed E-state index contributed by atoms with van der Waals surface area (Å²) >= 11 is 6.06. The van der Waals surface area contributed by atoms with Crippen molar-refractivity contribution >= 4 is 29.2 Å². The summed E-state index contributed by atoms with van der Waals surface area (Å²) in [5, 5.41) is 3.36. The molecule has 0 aliphatic heterocycles. The number of rotatable bonds is 7. The van der Waals surface area contributed by atoms with Crippen LogP contribution in [0.5, 0.6) is 0 Å². The van der Waals surface area contributed by atoms with Crippen LogP contribution in [-0.4, -0.2) is 49.6 Å². The molecule has 6 heteroatoms. The number of likely N-dealkylation sites (N-methyl/N-ethyl adjacent to an activating group) is 1. The van der Waals surface area contributed by atoms with Crippen LogP contribution < -0.4 is 5.32 Å². The van der Waals surface area contributed by atoms with Gasteiger partial charge in [-0.2, -0.15) is 0 Å². The number of esters is 1. The number of anilines is 1. The minimum atomic E-state index is -0.490. The zero-order chi connectivity index (χ0) is 18.5. The average molecular weight is 356 g/mol. The molecule has 1 amide bonds. The maximum Gasteiger partial charge on any atom is 0.340 e. The Morgan fingerprint density at radius 3 is 2.38 bits per heavy atom. The van der Waals surface area contributed by atoms with Gasteiger partial charge in [0.2, 0.25) is 0 Å². The normalized spacial score (nSPS) is 12.6. The van der Waals surface area contributed by atoms with Crippen molar-refractivity contribution in [1.82, 2.24) is 0 Å². The lowest BCUT2D eigenvalue weighted by Crippen LogP contribution is -2.54. The molecule has 134 valence electrons. The van der Waals surface area contributed by atoms with Gasteiger partial charge in [-0.15, -0.1) is 0 Å². The molecule has 1 aromatic carbocycles. The Hall–Kier alpha value is -1.59. The molecule has 0 bridgehead atoms. The lowest BCUT2D eigenvalue weighted by Gasteiger charge is -2.35. The molecule has 0 saturated heterocycles. The van der Waals surface area contributed by atoms with Crippen molar-refractivity contribution in [2.24, 2.45) is 0 Å². The minimum absolute atomic E-state index is 0.111. The van der Waals surface area contributed by atoms with Gasteiger partial charge in [-0.3, -0.25) is 4.79 Å². The molecule has 0 aromatic heterocycles. The number of halogens is 1. The third-order valence-corrected chi connectivity index (χ3v) is 4.61. The molecule has 1 atom stereocenters. The van der Waals surface area contributed by atoms with Gasteiger partial charge >= 0.3 is 5.97 Å². The number of ether oxygens (including phenoxy) is 1. The van der Waals surface area contributed by atoms with E-state index >= 15 is 0 Å². The standard InChI is InChI=1S/C18H27ClN2O3/c1-7-15(21(5,6)8-2)17(22)20-16-12(4)10-13(19)11-14(16)18(23)24-9-3/h10-11,15H,7-9H2,1-6H3/p+1. The summed E-state index contributed by atoms with van der Waals surface area (Å²) in [4.78, 5) is 25.0. The second-order valence-electron chi connectivity index (χ2n) is 6.37. The first-order chi connectivity index (χ1) is 11.2. The van der Waals surface area contributed by atoms with E-state index in [1.165, 1.54) is 6.07 Å². The third-order valence-electron chi connectivity index (χ3n) is 4.39. The van der Waals surface area contributed by atoms with Crippen molar-refractivity contribution in [3.05, 3.63) is 28.3 Å². The molecule has 24 heavy (non-hydrogen) atoms. The number of carbonyl (C=O) groups excluding carboxylic acids is 2. The van der Waals surface area contributed by atoms with Crippen LogP contribution in [0.4, 0.5) is 5.69 Å². The van der Waals surface area contributed by atoms with E-state index < -0.39 is 5.97 Å². The van der Waals surface area contributed by atoms with Crippen LogP contribution in [0.2, 0.25) is 5.02 Å². The summed E-state index contributed by atoms with van der Waals surface area (Å²) in [6, 6.07) is 3.05. The molecule has 1 rings (SSSR count). The highest BCUT2D eigenvalue weighted by Gasteiger charge is 2.33. The van der Waals surface area contributed by atoms with Gasteiger partial charge in [0.15, 0.2) is 6.04 Å². The highest BCUT2D eigenvalue weighted by atomic mass is 35.5. The fourth-order valence-electron chi connectivity index (χ4n) is 2.70. The molecule has 0 radical (unpaired) electrons. The van der Waals surface area contributed by atoms with E-state index in [9.17, 15) is 9.59 Å². The number of aryl methyl sites for hydroxylation is 1. The Kier molecular flexibility index (Phi) is 7.24. The molecule has 1 aromatic rings. The van der Waals surface area contributed by atoms with Crippen molar-refractivity contribution in [2.45, 2.75) is 40.2 Å². The van der Waals surface area contributed by atoms with E-state index in [2.05, 4.69) is 5.32 Å². The average Bonchev–Trinajstić information content (AvgIpc) is 2.50. The number of nitrogens with one attached hydrogen (secondary N) is 1. The maximum absolute atomic E-state index is 12.8. The van der Waals surface area contributed by atoms with Gasteiger partial charge in [0.05, 0.1) is 38.5 Å². The summed E-state index contributed by atoms with van der Waals surface area (Å²) in [6.07, 6.45) is 0.702. The summed E-state index contributed by atoms with van der Waals surface area (Å²) < 4.78 is 5.66. The number of hydrogen-bond donors (Lipinski definition) is 1. The van der Waals surface area contributed by atoms with Gasteiger partial charge in [0.25, 0.3) is 5.91 Å². The van der Waals surface area contributed by atoms with E-state index in [-0.39, 0.29) is 24.1 Å². The van der Waals surface area contributed by atoms with E-state index in [4.69, 9.17) is 16.3 Å². The van der Waals surface area contributed by atoms with Crippen LogP contribution in [0.25, 0.3) is 0 Å². The zero-order valence-electron chi connectivity index (χ0n) is 15.4. The minimum Gasteiger partial charge on any atom is -0.462 e. The second kappa shape index (κ2) is 8.49. The monoisotopic (exact) mass is 355 g/mol. The number of carbonyl (C=O) groups is 2. The lowest BCUT2D eigenvalue weighted by atomic mass is 10.1. The molecule has 0 fully saturated rings. The SMILES string of the molecule is CCOC(=O)c1cc(Cl)cc(C)c1NC(=O)C(CC)[N+](C)(C)CC. The molecule has 1 N–H and O–H groups in total. The number of nitrogens with zero attached hydrogens (tertiary/aromatic N) is 1. The fraction of sp³-hybridized carbons (Fsp3) is 0.556. The predicted octanol–water partition coefficient (Wildman–Crippen LogP) is 3.64. The topological polar surface area (TPSA) is 55.4 Å². The van der Waals surface area contributed by atoms with Crippen molar-refractivity contribution < 1.29 is 18.8 Å². The quantitative estimate of drug-likeness (QED) is 0.600. The van der Waals surface area contributed by atoms with Gasteiger partial charge in [-0.1, -0.05) is 18.5 Å². The Morgan fingerprint density at radius 1 is 1.25 bits per heavy atom. The van der Waals surface area contributed by atoms with Crippen LogP contribution >= 0.6 is 11.6 Å². The third kappa shape index (κ3) is 4.71. The number of amides is 1. The van der Waals surface area contributed by atoms with E-state index in [1.807, 2.05) is 34.9 Å². The van der Waals surface area contributed by atoms with Gasteiger partial charge in [-0.05, 0) is 38.5 Å². The van der Waals surface area contributed by atoms with Crippen LogP contribution in [0.15, 0.2) is 12.1 Å². The van der Waals surface area contributed by atoms with Gasteiger partial charge < -0.3 is 14.5 Å². The zero-order valence-corrected chi connectivity index (χ0v) is 16.2. The Balaban J connectivity index is 3.22. The molecule has 0 spiro atoms. The van der Waals surface area contributed by atoms with Crippen molar-refractivity contribution in [2.75, 3.05) is 32.6 Å². The number of hydrogen-bond acceptors (Lipinski definition) is 3. The first kappa shape index (κ1) is 20.5. The predicted molar refractivity (Wildman–Crippen MR) is 97.5 cm³/mol. The molecule has 0 heterocycles. The lowest BCUT2D eigenvalue weighted by molar-refractivity contribution is -0.904. The van der Waals surface area contributed by atoms with Crippen LogP contribution in [-0.2, 0) is 9.53 Å². The van der Waals surface area contributed by atoms with Crippen LogP contribution in [0.3, 0.4) is 0 Å². The van der Waals surface area contributed by atoms with Crippen LogP contribution in [0, 0.1) is 6.92 Å². The smallest absolute Gasteiger partial charge is 0.340 e. The molecule has 5 nitrogen and oxygen atoms in total. The second-order valence-corrected chi connectivity index (χ2v) is 6.81. The molecular weight excluding hydrogens is 328 g/mol. The largest absolute Gasteiger partial charge is 0.462 e. The number of quaternary nitrogens is 1. The highest BCUT2D eigenvalue weighted by Crippen LogP contribution is 2.27. The van der Waals surface area contributed by atoms with Gasteiger partial charge in [0.1, 0.15) is 0 Å². The maximum atomic E-state index is 12.8. The van der Waals surface area contributed by atoms with E-state index in [0.29, 0.717) is 21.6 Å². The van der Waals surface area contributed by atoms with Crippen molar-refractivity contribution in [1.29, 1.82) is 0 Å².